The molecule has 2 aromatic carbocycles. The number of ether oxygens (including phenoxy) is 2. The number of fused-ring (bicyclic) bond motifs is 1. The van der Waals surface area contributed by atoms with E-state index in [1.54, 1.807) is 19.4 Å². The summed E-state index contributed by atoms with van der Waals surface area (Å²) in [6.07, 6.45) is 1.71. The van der Waals surface area contributed by atoms with E-state index in [0.717, 1.165) is 27.8 Å². The number of rotatable bonds is 3. The Bertz CT molecular complexity index is 843. The minimum absolute atomic E-state index is 0.353. The molecule has 0 fully saturated rings. The number of carbonyl (C=O) groups is 1. The molecule has 0 unspecified atom stereocenters. The molecule has 0 aliphatic heterocycles. The summed E-state index contributed by atoms with van der Waals surface area (Å²) in [6.45, 7) is 0. The van der Waals surface area contributed by atoms with Crippen LogP contribution < -0.4 is 4.74 Å². The van der Waals surface area contributed by atoms with Gasteiger partial charge in [0.15, 0.2) is 0 Å². The molecule has 0 bridgehead atoms. The van der Waals surface area contributed by atoms with Gasteiger partial charge in [0.25, 0.3) is 0 Å². The number of carbonyl (C=O) groups excluding carboxylic acids is 1. The first kappa shape index (κ1) is 14.1. The molecular weight excluding hydrogens is 278 g/mol. The van der Waals surface area contributed by atoms with Crippen molar-refractivity contribution in [3.8, 4) is 16.9 Å². The Balaban J connectivity index is 2.21. The van der Waals surface area contributed by atoms with E-state index in [9.17, 15) is 4.79 Å². The Morgan fingerprint density at radius 2 is 1.86 bits per heavy atom. The predicted molar refractivity (Wildman–Crippen MR) is 85.1 cm³/mol. The van der Waals surface area contributed by atoms with Crippen molar-refractivity contribution in [3.63, 3.8) is 0 Å². The molecule has 3 rings (SSSR count). The number of esters is 1. The third-order valence-corrected chi connectivity index (χ3v) is 3.56. The topological polar surface area (TPSA) is 48.4 Å². The number of pyridine rings is 1. The van der Waals surface area contributed by atoms with Crippen LogP contribution in [0.3, 0.4) is 0 Å². The summed E-state index contributed by atoms with van der Waals surface area (Å²) in [6, 6.07) is 15.0. The maximum Gasteiger partial charge on any atom is 0.338 e. The fraction of sp³-hybridized carbons (Fsp3) is 0.111. The van der Waals surface area contributed by atoms with Crippen LogP contribution in [0.4, 0.5) is 0 Å². The second-order valence-corrected chi connectivity index (χ2v) is 4.78. The molecule has 0 spiro atoms. The maximum absolute atomic E-state index is 11.9. The number of hydrogen-bond acceptors (Lipinski definition) is 4. The molecular formula is C18H15NO3. The standard InChI is InChI=1S/C18H15NO3/c1-21-17-9-10-19-16-8-7-12(11-15(16)17)13-5-3-4-6-14(13)18(20)22-2/h3-11H,1-2H3. The van der Waals surface area contributed by atoms with E-state index >= 15 is 0 Å². The molecule has 4 heteroatoms. The van der Waals surface area contributed by atoms with Gasteiger partial charge in [0.05, 0.1) is 25.3 Å². The Labute approximate surface area is 128 Å². The van der Waals surface area contributed by atoms with Crippen molar-refractivity contribution in [1.82, 2.24) is 4.98 Å². The summed E-state index contributed by atoms with van der Waals surface area (Å²) in [5.74, 6) is 0.399. The van der Waals surface area contributed by atoms with Crippen molar-refractivity contribution in [2.45, 2.75) is 0 Å². The zero-order chi connectivity index (χ0) is 15.5. The quantitative estimate of drug-likeness (QED) is 0.691. The van der Waals surface area contributed by atoms with Crippen molar-refractivity contribution in [3.05, 3.63) is 60.3 Å². The number of hydrogen-bond donors (Lipinski definition) is 0. The molecule has 0 radical (unpaired) electrons. The van der Waals surface area contributed by atoms with Gasteiger partial charge in [0.2, 0.25) is 0 Å². The molecule has 1 aromatic heterocycles. The van der Waals surface area contributed by atoms with E-state index in [1.165, 1.54) is 7.11 Å². The summed E-state index contributed by atoms with van der Waals surface area (Å²) < 4.78 is 10.2. The molecule has 0 atom stereocenters. The average Bonchev–Trinajstić information content (AvgIpc) is 2.60. The summed E-state index contributed by atoms with van der Waals surface area (Å²) >= 11 is 0. The molecule has 0 saturated carbocycles. The number of methoxy groups -OCH3 is 2. The summed E-state index contributed by atoms with van der Waals surface area (Å²) in [7, 11) is 3.01. The monoisotopic (exact) mass is 293 g/mol. The van der Waals surface area contributed by atoms with Gasteiger partial charge in [-0.1, -0.05) is 24.3 Å². The Morgan fingerprint density at radius 3 is 2.64 bits per heavy atom. The Kier molecular flexibility index (Phi) is 3.74. The van der Waals surface area contributed by atoms with E-state index in [2.05, 4.69) is 4.98 Å². The summed E-state index contributed by atoms with van der Waals surface area (Å²) in [5.41, 5.74) is 3.12. The first-order valence-corrected chi connectivity index (χ1v) is 6.85. The molecule has 0 amide bonds. The van der Waals surface area contributed by atoms with E-state index in [-0.39, 0.29) is 5.97 Å². The number of nitrogens with zero attached hydrogens (tertiary/aromatic N) is 1. The molecule has 0 aliphatic rings. The van der Waals surface area contributed by atoms with Crippen LogP contribution in [0.1, 0.15) is 10.4 Å². The first-order valence-electron chi connectivity index (χ1n) is 6.85. The second-order valence-electron chi connectivity index (χ2n) is 4.78. The molecule has 3 aromatic rings. The van der Waals surface area contributed by atoms with Crippen LogP contribution >= 0.6 is 0 Å². The highest BCUT2D eigenvalue weighted by Crippen LogP contribution is 2.31. The van der Waals surface area contributed by atoms with Gasteiger partial charge in [-0.15, -0.1) is 0 Å². The summed E-state index contributed by atoms with van der Waals surface area (Å²) in [4.78, 5) is 16.3. The fourth-order valence-corrected chi connectivity index (χ4v) is 2.49. The van der Waals surface area contributed by atoms with Crippen molar-refractivity contribution in [2.75, 3.05) is 14.2 Å². The SMILES string of the molecule is COC(=O)c1ccccc1-c1ccc2nccc(OC)c2c1. The lowest BCUT2D eigenvalue weighted by atomic mass is 9.98. The van der Waals surface area contributed by atoms with E-state index in [4.69, 9.17) is 9.47 Å². The van der Waals surface area contributed by atoms with Gasteiger partial charge in [0, 0.05) is 11.6 Å². The van der Waals surface area contributed by atoms with E-state index in [0.29, 0.717) is 5.56 Å². The first-order chi connectivity index (χ1) is 10.7. The molecule has 0 aliphatic carbocycles. The lowest BCUT2D eigenvalue weighted by Gasteiger charge is -2.10. The van der Waals surface area contributed by atoms with Crippen molar-refractivity contribution in [2.24, 2.45) is 0 Å². The van der Waals surface area contributed by atoms with Gasteiger partial charge in [-0.25, -0.2) is 4.79 Å². The largest absolute Gasteiger partial charge is 0.496 e. The highest BCUT2D eigenvalue weighted by molar-refractivity contribution is 5.99. The molecule has 1 heterocycles. The van der Waals surface area contributed by atoms with Gasteiger partial charge < -0.3 is 9.47 Å². The minimum Gasteiger partial charge on any atom is -0.496 e. The average molecular weight is 293 g/mol. The van der Waals surface area contributed by atoms with Gasteiger partial charge in [-0.2, -0.15) is 0 Å². The lowest BCUT2D eigenvalue weighted by molar-refractivity contribution is 0.0601. The molecule has 4 nitrogen and oxygen atoms in total. The predicted octanol–water partition coefficient (Wildman–Crippen LogP) is 3.70. The number of benzene rings is 2. The van der Waals surface area contributed by atoms with Crippen molar-refractivity contribution in [1.29, 1.82) is 0 Å². The van der Waals surface area contributed by atoms with Gasteiger partial charge >= 0.3 is 5.97 Å². The van der Waals surface area contributed by atoms with Crippen molar-refractivity contribution < 1.29 is 14.3 Å². The molecule has 0 saturated heterocycles. The zero-order valence-corrected chi connectivity index (χ0v) is 12.4. The lowest BCUT2D eigenvalue weighted by Crippen LogP contribution is -2.03. The fourth-order valence-electron chi connectivity index (χ4n) is 2.49. The minimum atomic E-state index is -0.353. The van der Waals surface area contributed by atoms with Crippen LogP contribution in [0.25, 0.3) is 22.0 Å². The Morgan fingerprint density at radius 1 is 1.05 bits per heavy atom. The Hall–Kier alpha value is -2.88. The van der Waals surface area contributed by atoms with Crippen LogP contribution in [-0.2, 0) is 4.74 Å². The zero-order valence-electron chi connectivity index (χ0n) is 12.4. The third kappa shape index (κ3) is 2.39. The van der Waals surface area contributed by atoms with E-state index in [1.807, 2.05) is 42.5 Å². The highest BCUT2D eigenvalue weighted by Gasteiger charge is 2.13. The molecule has 0 N–H and O–H groups in total. The van der Waals surface area contributed by atoms with Gasteiger partial charge in [-0.05, 0) is 35.4 Å². The van der Waals surface area contributed by atoms with Crippen LogP contribution in [0, 0.1) is 0 Å². The van der Waals surface area contributed by atoms with Crippen LogP contribution in [0.15, 0.2) is 54.7 Å². The summed E-state index contributed by atoms with van der Waals surface area (Å²) in [5, 5.41) is 0.905. The van der Waals surface area contributed by atoms with Crippen LogP contribution in [0.2, 0.25) is 0 Å². The highest BCUT2D eigenvalue weighted by atomic mass is 16.5. The van der Waals surface area contributed by atoms with Crippen LogP contribution in [-0.4, -0.2) is 25.2 Å². The van der Waals surface area contributed by atoms with Gasteiger partial charge in [0.1, 0.15) is 5.75 Å². The maximum atomic E-state index is 11.9. The molecule has 110 valence electrons. The van der Waals surface area contributed by atoms with Gasteiger partial charge in [-0.3, -0.25) is 4.98 Å². The van der Waals surface area contributed by atoms with E-state index < -0.39 is 0 Å². The normalized spacial score (nSPS) is 10.5. The van der Waals surface area contributed by atoms with Crippen LogP contribution in [0.5, 0.6) is 5.75 Å². The molecule has 22 heavy (non-hydrogen) atoms. The van der Waals surface area contributed by atoms with Crippen molar-refractivity contribution >= 4 is 16.9 Å². The number of aromatic nitrogens is 1. The smallest absolute Gasteiger partial charge is 0.338 e. The second kappa shape index (κ2) is 5.85. The third-order valence-electron chi connectivity index (χ3n) is 3.56.